The van der Waals surface area contributed by atoms with Crippen LogP contribution in [0.15, 0.2) is 18.2 Å². The standard InChI is InChI=1S/C19H19Cl2NO3S/c1-10-3-6-14-12(7-10)8-15(26-14)19(24)25-9-16(23)22-18-13(20)5-4-11(2)17(18)21/h4-5,8,10H,3,6-7,9H2,1-2H3,(H,22,23)/t10-/m0/s1. The van der Waals surface area contributed by atoms with Crippen LogP contribution in [-0.4, -0.2) is 18.5 Å². The fraction of sp³-hybridized carbons (Fsp3) is 0.368. The predicted molar refractivity (Wildman–Crippen MR) is 106 cm³/mol. The molecule has 0 saturated carbocycles. The fourth-order valence-corrected chi connectivity index (χ4v) is 4.52. The Labute approximate surface area is 166 Å². The molecular weight excluding hydrogens is 393 g/mol. The van der Waals surface area contributed by atoms with Crippen molar-refractivity contribution in [2.45, 2.75) is 33.1 Å². The van der Waals surface area contributed by atoms with Crippen LogP contribution in [0.4, 0.5) is 5.69 Å². The first-order chi connectivity index (χ1) is 12.3. The highest BCUT2D eigenvalue weighted by atomic mass is 35.5. The van der Waals surface area contributed by atoms with Crippen LogP contribution in [0.5, 0.6) is 0 Å². The first-order valence-electron chi connectivity index (χ1n) is 8.38. The summed E-state index contributed by atoms with van der Waals surface area (Å²) in [6.07, 6.45) is 3.13. The third kappa shape index (κ3) is 4.22. The molecule has 138 valence electrons. The van der Waals surface area contributed by atoms with Crippen LogP contribution in [0.1, 0.15) is 39.0 Å². The normalized spacial score (nSPS) is 16.1. The van der Waals surface area contributed by atoms with Gasteiger partial charge in [0.1, 0.15) is 4.88 Å². The molecule has 1 atom stereocenters. The molecule has 26 heavy (non-hydrogen) atoms. The van der Waals surface area contributed by atoms with Crippen molar-refractivity contribution in [2.24, 2.45) is 5.92 Å². The Hall–Kier alpha value is -1.56. The Morgan fingerprint density at radius 1 is 1.35 bits per heavy atom. The van der Waals surface area contributed by atoms with E-state index in [-0.39, 0.29) is 0 Å². The second-order valence-electron chi connectivity index (χ2n) is 6.58. The molecule has 0 unspecified atom stereocenters. The van der Waals surface area contributed by atoms with Crippen LogP contribution in [0.3, 0.4) is 0 Å². The summed E-state index contributed by atoms with van der Waals surface area (Å²) in [6, 6.07) is 5.31. The zero-order valence-electron chi connectivity index (χ0n) is 14.5. The van der Waals surface area contributed by atoms with Gasteiger partial charge in [0.15, 0.2) is 6.61 Å². The summed E-state index contributed by atoms with van der Waals surface area (Å²) >= 11 is 13.7. The number of esters is 1. The number of halogens is 2. The summed E-state index contributed by atoms with van der Waals surface area (Å²) in [4.78, 5) is 26.1. The molecule has 0 bridgehead atoms. The van der Waals surface area contributed by atoms with E-state index in [9.17, 15) is 9.59 Å². The second kappa shape index (κ2) is 7.99. The number of carbonyl (C=O) groups is 2. The van der Waals surface area contributed by atoms with Crippen molar-refractivity contribution in [1.82, 2.24) is 0 Å². The van der Waals surface area contributed by atoms with E-state index in [0.717, 1.165) is 24.8 Å². The highest BCUT2D eigenvalue weighted by Gasteiger charge is 2.22. The van der Waals surface area contributed by atoms with Crippen LogP contribution in [0.25, 0.3) is 0 Å². The molecule has 1 aromatic carbocycles. The van der Waals surface area contributed by atoms with Gasteiger partial charge in [-0.1, -0.05) is 36.2 Å². The first kappa shape index (κ1) is 19.2. The quantitative estimate of drug-likeness (QED) is 0.695. The van der Waals surface area contributed by atoms with Gasteiger partial charge in [-0.15, -0.1) is 11.3 Å². The molecule has 2 aromatic rings. The molecule has 1 N–H and O–H groups in total. The van der Waals surface area contributed by atoms with Crippen molar-refractivity contribution in [3.8, 4) is 0 Å². The van der Waals surface area contributed by atoms with Gasteiger partial charge in [0.25, 0.3) is 5.91 Å². The molecule has 7 heteroatoms. The van der Waals surface area contributed by atoms with Gasteiger partial charge in [-0.05, 0) is 55.4 Å². The number of carbonyl (C=O) groups excluding carboxylic acids is 2. The molecule has 0 fully saturated rings. The van der Waals surface area contributed by atoms with Crippen molar-refractivity contribution in [3.63, 3.8) is 0 Å². The smallest absolute Gasteiger partial charge is 0.348 e. The van der Waals surface area contributed by atoms with Crippen LogP contribution in [0, 0.1) is 12.8 Å². The van der Waals surface area contributed by atoms with Gasteiger partial charge in [0, 0.05) is 4.88 Å². The third-order valence-corrected chi connectivity index (χ3v) is 6.43. The minimum absolute atomic E-state index is 0.329. The zero-order valence-corrected chi connectivity index (χ0v) is 16.9. The third-order valence-electron chi connectivity index (χ3n) is 4.41. The Morgan fingerprint density at radius 2 is 2.12 bits per heavy atom. The number of thiophene rings is 1. The highest BCUT2D eigenvalue weighted by Crippen LogP contribution is 2.33. The van der Waals surface area contributed by atoms with Crippen LogP contribution in [0.2, 0.25) is 10.0 Å². The topological polar surface area (TPSA) is 55.4 Å². The van der Waals surface area contributed by atoms with Gasteiger partial charge < -0.3 is 10.1 Å². The molecule has 4 nitrogen and oxygen atoms in total. The average Bonchev–Trinajstić information content (AvgIpc) is 3.03. The molecule has 0 radical (unpaired) electrons. The summed E-state index contributed by atoms with van der Waals surface area (Å²) in [5, 5.41) is 3.31. The highest BCUT2D eigenvalue weighted by molar-refractivity contribution is 7.14. The maximum Gasteiger partial charge on any atom is 0.348 e. The van der Waals surface area contributed by atoms with Crippen molar-refractivity contribution >= 4 is 52.1 Å². The molecule has 0 spiro atoms. The lowest BCUT2D eigenvalue weighted by molar-refractivity contribution is -0.119. The lowest BCUT2D eigenvalue weighted by Crippen LogP contribution is -2.21. The first-order valence-corrected chi connectivity index (χ1v) is 9.95. The number of ether oxygens (including phenoxy) is 1. The molecule has 0 aliphatic heterocycles. The fourth-order valence-electron chi connectivity index (χ4n) is 2.96. The summed E-state index contributed by atoms with van der Waals surface area (Å²) in [5.41, 5.74) is 2.35. The molecule has 0 saturated heterocycles. The average molecular weight is 412 g/mol. The second-order valence-corrected chi connectivity index (χ2v) is 8.51. The molecule has 3 rings (SSSR count). The summed E-state index contributed by atoms with van der Waals surface area (Å²) < 4.78 is 5.15. The lowest BCUT2D eigenvalue weighted by Gasteiger charge is -2.16. The monoisotopic (exact) mass is 411 g/mol. The Bertz CT molecular complexity index is 863. The summed E-state index contributed by atoms with van der Waals surface area (Å²) in [5.74, 6) is -0.327. The maximum absolute atomic E-state index is 12.2. The largest absolute Gasteiger partial charge is 0.451 e. The van der Waals surface area contributed by atoms with E-state index in [0.29, 0.717) is 26.5 Å². The number of fused-ring (bicyclic) bond motifs is 1. The lowest BCUT2D eigenvalue weighted by atomic mass is 9.90. The number of aryl methyl sites for hydroxylation is 2. The maximum atomic E-state index is 12.2. The Kier molecular flexibility index (Phi) is 5.90. The Morgan fingerprint density at radius 3 is 2.88 bits per heavy atom. The number of anilines is 1. The van der Waals surface area contributed by atoms with E-state index in [1.807, 2.05) is 13.0 Å². The van der Waals surface area contributed by atoms with Gasteiger partial charge >= 0.3 is 5.97 Å². The minimum Gasteiger partial charge on any atom is -0.451 e. The van der Waals surface area contributed by atoms with Crippen LogP contribution < -0.4 is 5.32 Å². The van der Waals surface area contributed by atoms with E-state index in [1.165, 1.54) is 21.8 Å². The summed E-state index contributed by atoms with van der Waals surface area (Å²) in [7, 11) is 0. The van der Waals surface area contributed by atoms with Crippen LogP contribution in [-0.2, 0) is 22.4 Å². The van der Waals surface area contributed by atoms with E-state index < -0.39 is 18.5 Å². The van der Waals surface area contributed by atoms with Gasteiger partial charge in [0.2, 0.25) is 0 Å². The van der Waals surface area contributed by atoms with E-state index in [1.54, 1.807) is 12.1 Å². The number of rotatable bonds is 4. The van der Waals surface area contributed by atoms with Crippen molar-refractivity contribution in [2.75, 3.05) is 11.9 Å². The summed E-state index contributed by atoms with van der Waals surface area (Å²) in [6.45, 7) is 3.64. The molecule has 1 amide bonds. The number of nitrogens with one attached hydrogen (secondary N) is 1. The van der Waals surface area contributed by atoms with Crippen molar-refractivity contribution < 1.29 is 14.3 Å². The Balaban J connectivity index is 1.60. The predicted octanol–water partition coefficient (Wildman–Crippen LogP) is 5.28. The van der Waals surface area contributed by atoms with Gasteiger partial charge in [-0.3, -0.25) is 4.79 Å². The number of hydrogen-bond acceptors (Lipinski definition) is 4. The van der Waals surface area contributed by atoms with E-state index >= 15 is 0 Å². The van der Waals surface area contributed by atoms with E-state index in [4.69, 9.17) is 27.9 Å². The van der Waals surface area contributed by atoms with Crippen molar-refractivity contribution in [1.29, 1.82) is 0 Å². The molecular formula is C19H19Cl2NO3S. The molecule has 1 heterocycles. The molecule has 1 aliphatic rings. The SMILES string of the molecule is Cc1ccc(Cl)c(NC(=O)COC(=O)c2cc3c(s2)CC[C@H](C)C3)c1Cl. The number of benzene rings is 1. The molecule has 1 aromatic heterocycles. The van der Waals surface area contributed by atoms with Crippen molar-refractivity contribution in [3.05, 3.63) is 49.1 Å². The van der Waals surface area contributed by atoms with Gasteiger partial charge in [-0.2, -0.15) is 0 Å². The molecule has 1 aliphatic carbocycles. The van der Waals surface area contributed by atoms with Gasteiger partial charge in [-0.25, -0.2) is 4.79 Å². The van der Waals surface area contributed by atoms with Crippen LogP contribution >= 0.6 is 34.5 Å². The minimum atomic E-state index is -0.484. The van der Waals surface area contributed by atoms with E-state index in [2.05, 4.69) is 12.2 Å². The number of hydrogen-bond donors (Lipinski definition) is 1. The van der Waals surface area contributed by atoms with Gasteiger partial charge in [0.05, 0.1) is 15.7 Å². The number of amides is 1. The zero-order chi connectivity index (χ0) is 18.8.